The first kappa shape index (κ1) is 17.0. The van der Waals surface area contributed by atoms with Crippen LogP contribution in [0.5, 0.6) is 0 Å². The number of rotatable bonds is 1. The molecule has 0 saturated carbocycles. The Balaban J connectivity index is 1.72. The van der Waals surface area contributed by atoms with Crippen LogP contribution in [0.15, 0.2) is 6.20 Å². The Hall–Kier alpha value is -1.86. The van der Waals surface area contributed by atoms with Crippen molar-refractivity contribution >= 4 is 11.8 Å². The number of fused-ring (bicyclic) bond motifs is 1. The van der Waals surface area contributed by atoms with E-state index in [-0.39, 0.29) is 18.9 Å². The molecule has 1 aromatic heterocycles. The number of hydrogen-bond acceptors (Lipinski definition) is 4. The molecule has 0 aromatic carbocycles. The van der Waals surface area contributed by atoms with Crippen LogP contribution in [0.1, 0.15) is 39.3 Å². The van der Waals surface area contributed by atoms with Crippen molar-refractivity contribution in [2.75, 3.05) is 24.5 Å². The molecule has 2 aliphatic rings. The molecule has 1 aromatic rings. The molecule has 0 spiro atoms. The second-order valence-electron chi connectivity index (χ2n) is 7.44. The summed E-state index contributed by atoms with van der Waals surface area (Å²) < 4.78 is 34.0. The summed E-state index contributed by atoms with van der Waals surface area (Å²) >= 11 is 0. The summed E-state index contributed by atoms with van der Waals surface area (Å²) in [6.07, 6.45) is 1.07. The fourth-order valence-corrected chi connectivity index (χ4v) is 3.05. The Morgan fingerprint density at radius 3 is 2.50 bits per heavy atom. The molecule has 3 heterocycles. The lowest BCUT2D eigenvalue weighted by atomic mass is 10.1. The van der Waals surface area contributed by atoms with Gasteiger partial charge in [-0.2, -0.15) is 5.10 Å². The quantitative estimate of drug-likeness (QED) is 0.787. The third-order valence-electron chi connectivity index (χ3n) is 4.34. The Morgan fingerprint density at radius 1 is 1.21 bits per heavy atom. The SMILES string of the molecule is CC(C)(C)OC(=O)N1CCn2ncc(N3CCC(F)(F)CC3)c2C1. The first-order valence-corrected chi connectivity index (χ1v) is 8.30. The zero-order valence-corrected chi connectivity index (χ0v) is 14.4. The molecular weight excluding hydrogens is 318 g/mol. The van der Waals surface area contributed by atoms with E-state index in [0.29, 0.717) is 32.7 Å². The van der Waals surface area contributed by atoms with E-state index in [0.717, 1.165) is 11.4 Å². The molecule has 2 aliphatic heterocycles. The van der Waals surface area contributed by atoms with Crippen LogP contribution in [0, 0.1) is 0 Å². The highest BCUT2D eigenvalue weighted by Gasteiger charge is 2.36. The summed E-state index contributed by atoms with van der Waals surface area (Å²) in [5.74, 6) is -2.58. The first-order chi connectivity index (χ1) is 11.1. The van der Waals surface area contributed by atoms with Crippen LogP contribution >= 0.6 is 0 Å². The molecule has 0 bridgehead atoms. The van der Waals surface area contributed by atoms with E-state index >= 15 is 0 Å². The van der Waals surface area contributed by atoms with Gasteiger partial charge in [-0.1, -0.05) is 0 Å². The predicted molar refractivity (Wildman–Crippen MR) is 85.3 cm³/mol. The third-order valence-corrected chi connectivity index (χ3v) is 4.34. The van der Waals surface area contributed by atoms with Gasteiger partial charge in [0.2, 0.25) is 0 Å². The Labute approximate surface area is 140 Å². The van der Waals surface area contributed by atoms with E-state index in [2.05, 4.69) is 5.10 Å². The minimum absolute atomic E-state index is 0.145. The van der Waals surface area contributed by atoms with Crippen LogP contribution in [-0.2, 0) is 17.8 Å². The molecule has 1 fully saturated rings. The van der Waals surface area contributed by atoms with E-state index < -0.39 is 11.5 Å². The zero-order chi connectivity index (χ0) is 17.5. The van der Waals surface area contributed by atoms with E-state index in [1.807, 2.05) is 30.4 Å². The van der Waals surface area contributed by atoms with Gasteiger partial charge in [-0.05, 0) is 20.8 Å². The number of piperidine rings is 1. The van der Waals surface area contributed by atoms with Gasteiger partial charge < -0.3 is 14.5 Å². The van der Waals surface area contributed by atoms with E-state index in [9.17, 15) is 13.6 Å². The summed E-state index contributed by atoms with van der Waals surface area (Å²) in [6.45, 7) is 7.60. The third kappa shape index (κ3) is 3.62. The molecule has 24 heavy (non-hydrogen) atoms. The van der Waals surface area contributed by atoms with Crippen molar-refractivity contribution < 1.29 is 18.3 Å². The molecule has 0 N–H and O–H groups in total. The minimum atomic E-state index is -2.58. The fraction of sp³-hybridized carbons (Fsp3) is 0.750. The van der Waals surface area contributed by atoms with Gasteiger partial charge in [0.25, 0.3) is 5.92 Å². The number of ether oxygens (including phenoxy) is 1. The maximum absolute atomic E-state index is 13.4. The van der Waals surface area contributed by atoms with E-state index in [4.69, 9.17) is 4.74 Å². The van der Waals surface area contributed by atoms with Crippen LogP contribution < -0.4 is 4.90 Å². The van der Waals surface area contributed by atoms with Gasteiger partial charge in [0.15, 0.2) is 0 Å². The second kappa shape index (κ2) is 5.89. The molecular formula is C16H24F2N4O2. The number of anilines is 1. The first-order valence-electron chi connectivity index (χ1n) is 8.30. The van der Waals surface area contributed by atoms with E-state index in [1.54, 1.807) is 11.1 Å². The Bertz CT molecular complexity index is 614. The average molecular weight is 342 g/mol. The summed E-state index contributed by atoms with van der Waals surface area (Å²) in [4.78, 5) is 15.9. The van der Waals surface area contributed by atoms with Crippen LogP contribution in [0.4, 0.5) is 19.3 Å². The molecule has 1 amide bonds. The van der Waals surface area contributed by atoms with E-state index in [1.165, 1.54) is 0 Å². The van der Waals surface area contributed by atoms with Crippen LogP contribution in [0.3, 0.4) is 0 Å². The standard InChI is InChI=1S/C16H24F2N4O2/c1-15(2,3)24-14(23)21-8-9-22-13(11-21)12(10-19-22)20-6-4-16(17,18)5-7-20/h10H,4-9,11H2,1-3H3. The topological polar surface area (TPSA) is 50.6 Å². The summed E-state index contributed by atoms with van der Waals surface area (Å²) in [5, 5.41) is 4.35. The van der Waals surface area contributed by atoms with Crippen LogP contribution in [0.25, 0.3) is 0 Å². The summed E-state index contributed by atoms with van der Waals surface area (Å²) in [7, 11) is 0. The monoisotopic (exact) mass is 342 g/mol. The maximum atomic E-state index is 13.4. The van der Waals surface area contributed by atoms with Crippen molar-refractivity contribution in [3.8, 4) is 0 Å². The highest BCUT2D eigenvalue weighted by molar-refractivity contribution is 5.69. The number of alkyl halides is 2. The lowest BCUT2D eigenvalue weighted by molar-refractivity contribution is -0.0220. The predicted octanol–water partition coefficient (Wildman–Crippen LogP) is 2.87. The minimum Gasteiger partial charge on any atom is -0.444 e. The molecule has 8 heteroatoms. The lowest BCUT2D eigenvalue weighted by Crippen LogP contribution is -2.43. The van der Waals surface area contributed by atoms with Gasteiger partial charge in [0.05, 0.1) is 30.7 Å². The van der Waals surface area contributed by atoms with Gasteiger partial charge in [0, 0.05) is 32.5 Å². The maximum Gasteiger partial charge on any atom is 0.410 e. The molecule has 0 radical (unpaired) electrons. The lowest BCUT2D eigenvalue weighted by Gasteiger charge is -2.35. The summed E-state index contributed by atoms with van der Waals surface area (Å²) in [6, 6.07) is 0. The normalized spacial score (nSPS) is 20.7. The molecule has 0 atom stereocenters. The average Bonchev–Trinajstić information content (AvgIpc) is 2.88. The van der Waals surface area contributed by atoms with Gasteiger partial charge in [-0.15, -0.1) is 0 Å². The van der Waals surface area contributed by atoms with Crippen LogP contribution in [0.2, 0.25) is 0 Å². The van der Waals surface area contributed by atoms with Crippen molar-refractivity contribution in [1.29, 1.82) is 0 Å². The van der Waals surface area contributed by atoms with Gasteiger partial charge >= 0.3 is 6.09 Å². The highest BCUT2D eigenvalue weighted by atomic mass is 19.3. The molecule has 1 saturated heterocycles. The molecule has 6 nitrogen and oxygen atoms in total. The Morgan fingerprint density at radius 2 is 1.88 bits per heavy atom. The fourth-order valence-electron chi connectivity index (χ4n) is 3.05. The Kier molecular flexibility index (Phi) is 4.17. The van der Waals surface area contributed by atoms with Gasteiger partial charge in [-0.25, -0.2) is 13.6 Å². The van der Waals surface area contributed by atoms with Crippen molar-refractivity contribution in [1.82, 2.24) is 14.7 Å². The number of carbonyl (C=O) groups is 1. The van der Waals surface area contributed by atoms with Crippen molar-refractivity contribution in [3.63, 3.8) is 0 Å². The number of halogens is 2. The molecule has 0 unspecified atom stereocenters. The number of hydrogen-bond donors (Lipinski definition) is 0. The number of amides is 1. The number of aromatic nitrogens is 2. The number of carbonyl (C=O) groups excluding carboxylic acids is 1. The molecule has 0 aliphatic carbocycles. The zero-order valence-electron chi connectivity index (χ0n) is 14.4. The molecule has 134 valence electrons. The number of nitrogens with zero attached hydrogens (tertiary/aromatic N) is 4. The largest absolute Gasteiger partial charge is 0.444 e. The summed E-state index contributed by atoms with van der Waals surface area (Å²) in [5.41, 5.74) is 1.19. The van der Waals surface area contributed by atoms with Crippen molar-refractivity contribution in [2.24, 2.45) is 0 Å². The van der Waals surface area contributed by atoms with Crippen molar-refractivity contribution in [2.45, 2.75) is 58.2 Å². The smallest absolute Gasteiger partial charge is 0.410 e. The van der Waals surface area contributed by atoms with Crippen molar-refractivity contribution in [3.05, 3.63) is 11.9 Å². The highest BCUT2D eigenvalue weighted by Crippen LogP contribution is 2.33. The molecule has 3 rings (SSSR count). The van der Waals surface area contributed by atoms with Gasteiger partial charge in [-0.3, -0.25) is 4.68 Å². The second-order valence-corrected chi connectivity index (χ2v) is 7.44. The van der Waals surface area contributed by atoms with Crippen LogP contribution in [-0.4, -0.2) is 51.9 Å². The van der Waals surface area contributed by atoms with Gasteiger partial charge in [0.1, 0.15) is 5.60 Å².